The topological polar surface area (TPSA) is 46.6 Å². The first-order chi connectivity index (χ1) is 10.1. The van der Waals surface area contributed by atoms with Gasteiger partial charge in [0.2, 0.25) is 5.91 Å². The normalized spacial score (nSPS) is 23.0. The van der Waals surface area contributed by atoms with E-state index in [2.05, 4.69) is 6.92 Å². The Morgan fingerprint density at radius 1 is 1.29 bits per heavy atom. The van der Waals surface area contributed by atoms with Crippen LogP contribution in [0.2, 0.25) is 0 Å². The molecule has 0 aromatic heterocycles. The highest BCUT2D eigenvalue weighted by atomic mass is 16.6. The van der Waals surface area contributed by atoms with Crippen LogP contribution in [0, 0.1) is 5.92 Å². The lowest BCUT2D eigenvalue weighted by molar-refractivity contribution is -0.133. The van der Waals surface area contributed by atoms with Gasteiger partial charge in [0.1, 0.15) is 6.10 Å². The number of cyclic esters (lactones) is 1. The standard InChI is InChI=1S/C17H23NO3/c1-4-9-13(5-2)16(19)18-12(3)15(21-17(18)20)14-10-7-6-8-11-14/h6-8,10-13,15H,4-5,9H2,1-3H3/t12-,13?,15-/m0/s1. The van der Waals surface area contributed by atoms with Gasteiger partial charge in [0, 0.05) is 5.92 Å². The molecule has 1 saturated heterocycles. The first-order valence-corrected chi connectivity index (χ1v) is 7.68. The zero-order chi connectivity index (χ0) is 15.4. The minimum Gasteiger partial charge on any atom is -0.439 e. The molecule has 1 fully saturated rings. The van der Waals surface area contributed by atoms with Crippen molar-refractivity contribution in [1.29, 1.82) is 0 Å². The van der Waals surface area contributed by atoms with Gasteiger partial charge in [-0.2, -0.15) is 0 Å². The summed E-state index contributed by atoms with van der Waals surface area (Å²) in [6, 6.07) is 9.32. The first kappa shape index (κ1) is 15.5. The van der Waals surface area contributed by atoms with Crippen molar-refractivity contribution < 1.29 is 14.3 Å². The number of carbonyl (C=O) groups excluding carboxylic acids is 2. The number of amides is 2. The Morgan fingerprint density at radius 2 is 1.95 bits per heavy atom. The van der Waals surface area contributed by atoms with Crippen molar-refractivity contribution in [2.45, 2.75) is 52.2 Å². The highest BCUT2D eigenvalue weighted by molar-refractivity contribution is 5.95. The van der Waals surface area contributed by atoms with Crippen LogP contribution in [0.25, 0.3) is 0 Å². The molecule has 4 heteroatoms. The number of imide groups is 1. The number of ether oxygens (including phenoxy) is 1. The van der Waals surface area contributed by atoms with Gasteiger partial charge in [-0.15, -0.1) is 0 Å². The second-order valence-corrected chi connectivity index (χ2v) is 5.56. The summed E-state index contributed by atoms with van der Waals surface area (Å²) in [6.07, 6.45) is 1.60. The predicted octanol–water partition coefficient (Wildman–Crippen LogP) is 3.92. The van der Waals surface area contributed by atoms with E-state index in [0.29, 0.717) is 0 Å². The Balaban J connectivity index is 2.18. The Labute approximate surface area is 126 Å². The molecule has 3 atom stereocenters. The molecule has 1 aliphatic rings. The highest BCUT2D eigenvalue weighted by Gasteiger charge is 2.44. The van der Waals surface area contributed by atoms with Crippen LogP contribution in [0.3, 0.4) is 0 Å². The maximum Gasteiger partial charge on any atom is 0.417 e. The number of nitrogens with zero attached hydrogens (tertiary/aromatic N) is 1. The van der Waals surface area contributed by atoms with E-state index >= 15 is 0 Å². The molecule has 114 valence electrons. The monoisotopic (exact) mass is 289 g/mol. The van der Waals surface area contributed by atoms with Crippen molar-refractivity contribution in [3.63, 3.8) is 0 Å². The molecule has 0 saturated carbocycles. The van der Waals surface area contributed by atoms with Crippen LogP contribution in [0.15, 0.2) is 30.3 Å². The van der Waals surface area contributed by atoms with Gasteiger partial charge in [0.05, 0.1) is 6.04 Å². The second-order valence-electron chi connectivity index (χ2n) is 5.56. The number of carbonyl (C=O) groups is 2. The van der Waals surface area contributed by atoms with E-state index in [4.69, 9.17) is 4.74 Å². The molecular formula is C17H23NO3. The van der Waals surface area contributed by atoms with Crippen molar-refractivity contribution in [2.75, 3.05) is 0 Å². The van der Waals surface area contributed by atoms with Gasteiger partial charge in [0.25, 0.3) is 0 Å². The van der Waals surface area contributed by atoms with Crippen LogP contribution in [0.5, 0.6) is 0 Å². The second kappa shape index (κ2) is 6.74. The number of hydrogen-bond donors (Lipinski definition) is 0. The summed E-state index contributed by atoms with van der Waals surface area (Å²) in [5, 5.41) is 0. The molecule has 4 nitrogen and oxygen atoms in total. The summed E-state index contributed by atoms with van der Waals surface area (Å²) in [4.78, 5) is 26.0. The summed E-state index contributed by atoms with van der Waals surface area (Å²) in [7, 11) is 0. The van der Waals surface area contributed by atoms with Crippen molar-refractivity contribution >= 4 is 12.0 Å². The van der Waals surface area contributed by atoms with Crippen molar-refractivity contribution in [3.05, 3.63) is 35.9 Å². The molecule has 1 aromatic carbocycles. The summed E-state index contributed by atoms with van der Waals surface area (Å²) in [5.41, 5.74) is 0.928. The molecule has 1 unspecified atom stereocenters. The number of benzene rings is 1. The van der Waals surface area contributed by atoms with Crippen LogP contribution in [0.1, 0.15) is 51.7 Å². The largest absolute Gasteiger partial charge is 0.439 e. The average Bonchev–Trinajstić information content (AvgIpc) is 2.80. The van der Waals surface area contributed by atoms with E-state index in [0.717, 1.165) is 24.8 Å². The summed E-state index contributed by atoms with van der Waals surface area (Å²) in [5.74, 6) is -0.199. The molecule has 2 amide bonds. The van der Waals surface area contributed by atoms with Gasteiger partial charge in [-0.05, 0) is 25.3 Å². The van der Waals surface area contributed by atoms with Crippen LogP contribution < -0.4 is 0 Å². The van der Waals surface area contributed by atoms with E-state index in [-0.39, 0.29) is 24.0 Å². The summed E-state index contributed by atoms with van der Waals surface area (Å²) >= 11 is 0. The molecule has 1 aromatic rings. The van der Waals surface area contributed by atoms with Crippen molar-refractivity contribution in [2.24, 2.45) is 5.92 Å². The maximum atomic E-state index is 12.6. The lowest BCUT2D eigenvalue weighted by Crippen LogP contribution is -2.41. The molecular weight excluding hydrogens is 266 g/mol. The smallest absolute Gasteiger partial charge is 0.417 e. The molecule has 1 aliphatic heterocycles. The fourth-order valence-corrected chi connectivity index (χ4v) is 2.89. The van der Waals surface area contributed by atoms with E-state index in [1.54, 1.807) is 0 Å². The predicted molar refractivity (Wildman–Crippen MR) is 80.7 cm³/mol. The van der Waals surface area contributed by atoms with Crippen molar-refractivity contribution in [3.8, 4) is 0 Å². The van der Waals surface area contributed by atoms with E-state index < -0.39 is 6.09 Å². The minimum atomic E-state index is -0.518. The molecule has 0 bridgehead atoms. The van der Waals surface area contributed by atoms with E-state index in [1.807, 2.05) is 44.2 Å². The van der Waals surface area contributed by atoms with Gasteiger partial charge in [-0.1, -0.05) is 50.6 Å². The van der Waals surface area contributed by atoms with Crippen LogP contribution >= 0.6 is 0 Å². The zero-order valence-corrected chi connectivity index (χ0v) is 12.9. The fraction of sp³-hybridized carbons (Fsp3) is 0.529. The molecule has 2 rings (SSSR count). The SMILES string of the molecule is CCCC(CC)C(=O)N1C(=O)O[C@H](c2ccccc2)[C@@H]1C. The lowest BCUT2D eigenvalue weighted by atomic mass is 9.97. The molecule has 1 heterocycles. The fourth-order valence-electron chi connectivity index (χ4n) is 2.89. The summed E-state index contributed by atoms with van der Waals surface area (Å²) < 4.78 is 5.43. The van der Waals surface area contributed by atoms with Crippen LogP contribution in [-0.4, -0.2) is 22.9 Å². The van der Waals surface area contributed by atoms with Gasteiger partial charge in [-0.3, -0.25) is 4.79 Å². The van der Waals surface area contributed by atoms with Gasteiger partial charge in [0.15, 0.2) is 0 Å². The molecule has 21 heavy (non-hydrogen) atoms. The Morgan fingerprint density at radius 3 is 2.52 bits per heavy atom. The van der Waals surface area contributed by atoms with E-state index in [1.165, 1.54) is 4.90 Å². The van der Waals surface area contributed by atoms with E-state index in [9.17, 15) is 9.59 Å². The van der Waals surface area contributed by atoms with Crippen LogP contribution in [-0.2, 0) is 9.53 Å². The average molecular weight is 289 g/mol. The molecule has 0 radical (unpaired) electrons. The third-order valence-corrected chi connectivity index (χ3v) is 4.11. The third-order valence-electron chi connectivity index (χ3n) is 4.11. The van der Waals surface area contributed by atoms with Gasteiger partial charge in [-0.25, -0.2) is 9.69 Å². The number of rotatable bonds is 5. The Kier molecular flexibility index (Phi) is 4.99. The highest BCUT2D eigenvalue weighted by Crippen LogP contribution is 2.33. The minimum absolute atomic E-state index is 0.0977. The summed E-state index contributed by atoms with van der Waals surface area (Å²) in [6.45, 7) is 5.91. The third kappa shape index (κ3) is 3.09. The quantitative estimate of drug-likeness (QED) is 0.825. The lowest BCUT2D eigenvalue weighted by Gasteiger charge is -2.23. The molecule has 0 N–H and O–H groups in total. The molecule has 0 aliphatic carbocycles. The zero-order valence-electron chi connectivity index (χ0n) is 12.9. The van der Waals surface area contributed by atoms with Crippen molar-refractivity contribution in [1.82, 2.24) is 4.90 Å². The van der Waals surface area contributed by atoms with Gasteiger partial charge < -0.3 is 4.74 Å². The molecule has 0 spiro atoms. The number of hydrogen-bond acceptors (Lipinski definition) is 3. The maximum absolute atomic E-state index is 12.6. The first-order valence-electron chi connectivity index (χ1n) is 7.68. The van der Waals surface area contributed by atoms with Crippen LogP contribution in [0.4, 0.5) is 4.79 Å². The van der Waals surface area contributed by atoms with Gasteiger partial charge >= 0.3 is 6.09 Å². The Hall–Kier alpha value is -1.84. The Bertz CT molecular complexity index is 500.